The van der Waals surface area contributed by atoms with Crippen molar-refractivity contribution >= 4 is 28.7 Å². The molecule has 0 bridgehead atoms. The van der Waals surface area contributed by atoms with E-state index in [0.29, 0.717) is 5.92 Å². The Morgan fingerprint density at radius 1 is 1.33 bits per heavy atom. The summed E-state index contributed by atoms with van der Waals surface area (Å²) >= 11 is 1.63. The van der Waals surface area contributed by atoms with Gasteiger partial charge in [0, 0.05) is 42.5 Å². The SMILES string of the molecule is CC(C)Cn1cc(CCNSN(C)C)c2ccc(N)cc21. The molecule has 0 atom stereocenters. The average Bonchev–Trinajstić information content (AvgIpc) is 2.71. The van der Waals surface area contributed by atoms with Crippen molar-refractivity contribution in [2.24, 2.45) is 5.92 Å². The molecular formula is C16H26N4S. The van der Waals surface area contributed by atoms with Crippen LogP contribution in [0.3, 0.4) is 0 Å². The Morgan fingerprint density at radius 3 is 2.76 bits per heavy atom. The molecule has 5 heteroatoms. The predicted octanol–water partition coefficient (Wildman–Crippen LogP) is 3.14. The van der Waals surface area contributed by atoms with Crippen molar-refractivity contribution in [1.29, 1.82) is 0 Å². The summed E-state index contributed by atoms with van der Waals surface area (Å²) in [5, 5.41) is 1.32. The second kappa shape index (κ2) is 7.20. The Hall–Kier alpha value is -1.17. The van der Waals surface area contributed by atoms with E-state index >= 15 is 0 Å². The number of rotatable bonds is 7. The maximum atomic E-state index is 5.95. The maximum Gasteiger partial charge on any atom is 0.0503 e. The van der Waals surface area contributed by atoms with Crippen molar-refractivity contribution < 1.29 is 0 Å². The molecule has 0 unspecified atom stereocenters. The van der Waals surface area contributed by atoms with Crippen LogP contribution in [0.2, 0.25) is 0 Å². The molecule has 4 nitrogen and oxygen atoms in total. The zero-order valence-electron chi connectivity index (χ0n) is 13.4. The fourth-order valence-electron chi connectivity index (χ4n) is 2.49. The summed E-state index contributed by atoms with van der Waals surface area (Å²) < 4.78 is 7.76. The van der Waals surface area contributed by atoms with Crippen molar-refractivity contribution in [2.75, 3.05) is 26.4 Å². The van der Waals surface area contributed by atoms with Crippen molar-refractivity contribution in [1.82, 2.24) is 13.6 Å². The number of nitrogens with zero attached hydrogens (tertiary/aromatic N) is 2. The van der Waals surface area contributed by atoms with E-state index in [2.05, 4.69) is 45.8 Å². The number of benzene rings is 1. The van der Waals surface area contributed by atoms with Crippen molar-refractivity contribution in [3.63, 3.8) is 0 Å². The number of hydrogen-bond donors (Lipinski definition) is 2. The van der Waals surface area contributed by atoms with E-state index in [-0.39, 0.29) is 0 Å². The maximum absolute atomic E-state index is 5.95. The van der Waals surface area contributed by atoms with Crippen LogP contribution in [0.15, 0.2) is 24.4 Å². The summed E-state index contributed by atoms with van der Waals surface area (Å²) in [5.41, 5.74) is 9.42. The van der Waals surface area contributed by atoms with E-state index in [1.54, 1.807) is 12.1 Å². The standard InChI is InChI=1S/C16H26N4S/c1-12(2)10-20-11-13(7-8-18-21-19(3)4)15-6-5-14(17)9-16(15)20/h5-6,9,11-12,18H,7-8,10,17H2,1-4H3. The largest absolute Gasteiger partial charge is 0.399 e. The molecule has 0 aliphatic heterocycles. The molecule has 116 valence electrons. The molecular weight excluding hydrogens is 280 g/mol. The summed E-state index contributed by atoms with van der Waals surface area (Å²) in [5.74, 6) is 0.623. The molecule has 1 aromatic heterocycles. The van der Waals surface area contributed by atoms with Crippen LogP contribution >= 0.6 is 12.1 Å². The lowest BCUT2D eigenvalue weighted by Gasteiger charge is -2.08. The van der Waals surface area contributed by atoms with Gasteiger partial charge in [0.05, 0.1) is 5.52 Å². The first-order valence-electron chi connectivity index (χ1n) is 7.41. The number of anilines is 1. The van der Waals surface area contributed by atoms with Gasteiger partial charge in [-0.2, -0.15) is 0 Å². The molecule has 0 spiro atoms. The molecule has 0 aliphatic rings. The second-order valence-corrected chi connectivity index (χ2v) is 7.23. The molecule has 1 heterocycles. The van der Waals surface area contributed by atoms with Crippen molar-refractivity contribution in [2.45, 2.75) is 26.8 Å². The minimum Gasteiger partial charge on any atom is -0.399 e. The van der Waals surface area contributed by atoms with Crippen LogP contribution in [0.5, 0.6) is 0 Å². The smallest absolute Gasteiger partial charge is 0.0503 e. The fraction of sp³-hybridized carbons (Fsp3) is 0.500. The first-order valence-corrected chi connectivity index (χ1v) is 8.19. The summed E-state index contributed by atoms with van der Waals surface area (Å²) in [6.07, 6.45) is 3.30. The minimum atomic E-state index is 0.623. The highest BCUT2D eigenvalue weighted by Gasteiger charge is 2.10. The minimum absolute atomic E-state index is 0.623. The van der Waals surface area contributed by atoms with E-state index in [1.165, 1.54) is 16.5 Å². The van der Waals surface area contributed by atoms with E-state index in [0.717, 1.165) is 25.2 Å². The molecule has 2 aromatic rings. The van der Waals surface area contributed by atoms with Gasteiger partial charge in [0.25, 0.3) is 0 Å². The second-order valence-electron chi connectivity index (χ2n) is 6.03. The monoisotopic (exact) mass is 306 g/mol. The van der Waals surface area contributed by atoms with Gasteiger partial charge < -0.3 is 10.3 Å². The lowest BCUT2D eigenvalue weighted by molar-refractivity contribution is 0.534. The third-order valence-corrected chi connectivity index (χ3v) is 3.99. The molecule has 0 amide bonds. The molecule has 0 radical (unpaired) electrons. The summed E-state index contributed by atoms with van der Waals surface area (Å²) in [4.78, 5) is 0. The number of nitrogen functional groups attached to an aromatic ring is 1. The first kappa shape index (κ1) is 16.2. The third-order valence-electron chi connectivity index (χ3n) is 3.29. The van der Waals surface area contributed by atoms with E-state index in [1.807, 2.05) is 20.2 Å². The summed E-state index contributed by atoms with van der Waals surface area (Å²) in [6.45, 7) is 6.47. The number of nitrogens with one attached hydrogen (secondary N) is 1. The lowest BCUT2D eigenvalue weighted by atomic mass is 10.1. The Balaban J connectivity index is 2.18. The van der Waals surface area contributed by atoms with Gasteiger partial charge in [0.15, 0.2) is 0 Å². The van der Waals surface area contributed by atoms with E-state index in [4.69, 9.17) is 5.73 Å². The van der Waals surface area contributed by atoms with Gasteiger partial charge in [-0.3, -0.25) is 4.72 Å². The highest BCUT2D eigenvalue weighted by atomic mass is 32.2. The first-order chi connectivity index (χ1) is 9.97. The number of fused-ring (bicyclic) bond motifs is 1. The van der Waals surface area contributed by atoms with Crippen molar-refractivity contribution in [3.05, 3.63) is 30.0 Å². The van der Waals surface area contributed by atoms with Gasteiger partial charge in [-0.05, 0) is 44.1 Å². The zero-order valence-corrected chi connectivity index (χ0v) is 14.2. The quantitative estimate of drug-likeness (QED) is 0.469. The van der Waals surface area contributed by atoms with Gasteiger partial charge in [0.1, 0.15) is 0 Å². The van der Waals surface area contributed by atoms with Crippen LogP contribution in [-0.4, -0.2) is 29.5 Å². The Bertz CT molecular complexity index is 589. The Labute approximate surface area is 131 Å². The van der Waals surface area contributed by atoms with Crippen LogP contribution in [-0.2, 0) is 13.0 Å². The highest BCUT2D eigenvalue weighted by molar-refractivity contribution is 7.95. The van der Waals surface area contributed by atoms with Gasteiger partial charge in [0.2, 0.25) is 0 Å². The van der Waals surface area contributed by atoms with Crippen LogP contribution in [0.25, 0.3) is 10.9 Å². The Kier molecular flexibility index (Phi) is 5.56. The Morgan fingerprint density at radius 2 is 2.10 bits per heavy atom. The van der Waals surface area contributed by atoms with Crippen LogP contribution in [0.4, 0.5) is 5.69 Å². The van der Waals surface area contributed by atoms with Gasteiger partial charge in [-0.1, -0.05) is 19.9 Å². The zero-order chi connectivity index (χ0) is 15.4. The van der Waals surface area contributed by atoms with Gasteiger partial charge in [-0.15, -0.1) is 0 Å². The van der Waals surface area contributed by atoms with Crippen molar-refractivity contribution in [3.8, 4) is 0 Å². The number of aromatic nitrogens is 1. The van der Waals surface area contributed by atoms with Gasteiger partial charge >= 0.3 is 0 Å². The fourth-order valence-corrected chi connectivity index (χ4v) is 2.94. The number of hydrogen-bond acceptors (Lipinski definition) is 4. The van der Waals surface area contributed by atoms with Crippen LogP contribution < -0.4 is 10.5 Å². The number of nitrogens with two attached hydrogens (primary N) is 1. The van der Waals surface area contributed by atoms with E-state index in [9.17, 15) is 0 Å². The summed E-state index contributed by atoms with van der Waals surface area (Å²) in [6, 6.07) is 6.23. The highest BCUT2D eigenvalue weighted by Crippen LogP contribution is 2.25. The lowest BCUT2D eigenvalue weighted by Crippen LogP contribution is -2.15. The average molecular weight is 306 g/mol. The summed E-state index contributed by atoms with van der Waals surface area (Å²) in [7, 11) is 4.07. The molecule has 2 rings (SSSR count). The molecule has 0 aliphatic carbocycles. The molecule has 0 saturated heterocycles. The predicted molar refractivity (Wildman–Crippen MR) is 94.2 cm³/mol. The van der Waals surface area contributed by atoms with Gasteiger partial charge in [-0.25, -0.2) is 4.31 Å². The topological polar surface area (TPSA) is 46.2 Å². The molecule has 0 saturated carbocycles. The van der Waals surface area contributed by atoms with Crippen LogP contribution in [0, 0.1) is 5.92 Å². The third kappa shape index (κ3) is 4.40. The van der Waals surface area contributed by atoms with Crippen LogP contribution in [0.1, 0.15) is 19.4 Å². The van der Waals surface area contributed by atoms with E-state index < -0.39 is 0 Å². The molecule has 21 heavy (non-hydrogen) atoms. The molecule has 1 aromatic carbocycles. The normalized spacial score (nSPS) is 11.9. The molecule has 0 fully saturated rings. The molecule has 3 N–H and O–H groups in total.